The number of halogens is 1. The van der Waals surface area contributed by atoms with Gasteiger partial charge in [0, 0.05) is 18.0 Å². The fourth-order valence-electron chi connectivity index (χ4n) is 3.12. The van der Waals surface area contributed by atoms with E-state index in [-0.39, 0.29) is 17.5 Å². The molecule has 0 amide bonds. The summed E-state index contributed by atoms with van der Waals surface area (Å²) in [5.74, 6) is 3.01. The molecule has 0 aliphatic carbocycles. The lowest BCUT2D eigenvalue weighted by Gasteiger charge is -2.44. The standard InChI is InChI=1S/C15H20FNOS/c1-2-17-13-10-15(5-7-19-8-6-15)18-14-4-3-11(16)9-12(13)14/h3-4,9,13,17H,2,5-8,10H2,1H3. The van der Waals surface area contributed by atoms with Crippen LogP contribution in [0.5, 0.6) is 5.75 Å². The summed E-state index contributed by atoms with van der Waals surface area (Å²) in [7, 11) is 0. The van der Waals surface area contributed by atoms with Gasteiger partial charge in [-0.05, 0) is 49.1 Å². The lowest BCUT2D eigenvalue weighted by Crippen LogP contribution is -2.46. The minimum absolute atomic E-state index is 0.0388. The van der Waals surface area contributed by atoms with Crippen LogP contribution < -0.4 is 10.1 Å². The summed E-state index contributed by atoms with van der Waals surface area (Å²) in [6.07, 6.45) is 3.14. The molecule has 0 radical (unpaired) electrons. The fraction of sp³-hybridized carbons (Fsp3) is 0.600. The second-order valence-electron chi connectivity index (χ2n) is 5.39. The first-order chi connectivity index (χ1) is 9.22. The van der Waals surface area contributed by atoms with E-state index in [2.05, 4.69) is 12.2 Å². The minimum atomic E-state index is -0.180. The highest BCUT2D eigenvalue weighted by molar-refractivity contribution is 7.99. The Morgan fingerprint density at radius 1 is 1.42 bits per heavy atom. The molecular formula is C15H20FNOS. The van der Waals surface area contributed by atoms with Gasteiger partial charge in [-0.2, -0.15) is 11.8 Å². The molecule has 4 heteroatoms. The van der Waals surface area contributed by atoms with Gasteiger partial charge in [0.2, 0.25) is 0 Å². The first-order valence-corrected chi connectivity index (χ1v) is 8.17. The quantitative estimate of drug-likeness (QED) is 0.896. The van der Waals surface area contributed by atoms with Crippen LogP contribution in [0.25, 0.3) is 0 Å². The van der Waals surface area contributed by atoms with Crippen LogP contribution in [0, 0.1) is 5.82 Å². The van der Waals surface area contributed by atoms with Crippen molar-refractivity contribution in [3.63, 3.8) is 0 Å². The SMILES string of the molecule is CCNC1CC2(CCSCC2)Oc2ccc(F)cc21. The predicted molar refractivity (Wildman–Crippen MR) is 77.4 cm³/mol. The van der Waals surface area contributed by atoms with Crippen molar-refractivity contribution in [2.45, 2.75) is 37.8 Å². The van der Waals surface area contributed by atoms with Gasteiger partial charge < -0.3 is 10.1 Å². The predicted octanol–water partition coefficient (Wildman–Crippen LogP) is 3.52. The number of hydrogen-bond donors (Lipinski definition) is 1. The van der Waals surface area contributed by atoms with Gasteiger partial charge in [0.25, 0.3) is 0 Å². The molecule has 104 valence electrons. The van der Waals surface area contributed by atoms with E-state index >= 15 is 0 Å². The molecule has 2 aliphatic rings. The van der Waals surface area contributed by atoms with E-state index in [1.54, 1.807) is 12.1 Å². The van der Waals surface area contributed by atoms with Crippen molar-refractivity contribution >= 4 is 11.8 Å². The third-order valence-electron chi connectivity index (χ3n) is 4.10. The maximum atomic E-state index is 13.5. The molecule has 1 atom stereocenters. The maximum Gasteiger partial charge on any atom is 0.125 e. The molecule has 1 saturated heterocycles. The van der Waals surface area contributed by atoms with Gasteiger partial charge in [0.15, 0.2) is 0 Å². The molecule has 2 aliphatic heterocycles. The Hall–Kier alpha value is -0.740. The summed E-state index contributed by atoms with van der Waals surface area (Å²) >= 11 is 2.00. The Labute approximate surface area is 118 Å². The van der Waals surface area contributed by atoms with Gasteiger partial charge >= 0.3 is 0 Å². The molecule has 0 aromatic heterocycles. The number of ether oxygens (including phenoxy) is 1. The highest BCUT2D eigenvalue weighted by atomic mass is 32.2. The Bertz CT molecular complexity index is 459. The monoisotopic (exact) mass is 281 g/mol. The zero-order valence-corrected chi connectivity index (χ0v) is 12.1. The Morgan fingerprint density at radius 2 is 2.21 bits per heavy atom. The second-order valence-corrected chi connectivity index (χ2v) is 6.62. The van der Waals surface area contributed by atoms with Crippen LogP contribution in [0.4, 0.5) is 4.39 Å². The molecule has 2 nitrogen and oxygen atoms in total. The molecule has 1 N–H and O–H groups in total. The average molecular weight is 281 g/mol. The number of benzene rings is 1. The van der Waals surface area contributed by atoms with Crippen LogP contribution in [-0.2, 0) is 0 Å². The molecule has 1 fully saturated rings. The smallest absolute Gasteiger partial charge is 0.125 e. The van der Waals surface area contributed by atoms with Crippen LogP contribution in [0.3, 0.4) is 0 Å². The van der Waals surface area contributed by atoms with Gasteiger partial charge in [0.1, 0.15) is 17.2 Å². The summed E-state index contributed by atoms with van der Waals surface area (Å²) in [5.41, 5.74) is 0.939. The van der Waals surface area contributed by atoms with E-state index < -0.39 is 0 Å². The third kappa shape index (κ3) is 2.61. The molecule has 1 aromatic carbocycles. The number of hydrogen-bond acceptors (Lipinski definition) is 3. The van der Waals surface area contributed by atoms with Crippen LogP contribution in [0.2, 0.25) is 0 Å². The van der Waals surface area contributed by atoms with Gasteiger partial charge in [-0.3, -0.25) is 0 Å². The molecule has 1 aromatic rings. The van der Waals surface area contributed by atoms with Gasteiger partial charge in [-0.1, -0.05) is 6.92 Å². The number of thioether (sulfide) groups is 1. The largest absolute Gasteiger partial charge is 0.487 e. The second kappa shape index (κ2) is 5.33. The highest BCUT2D eigenvalue weighted by Crippen LogP contribution is 2.45. The zero-order chi connectivity index (χ0) is 13.3. The van der Waals surface area contributed by atoms with Crippen LogP contribution in [0.1, 0.15) is 37.8 Å². The van der Waals surface area contributed by atoms with Crippen molar-refractivity contribution in [1.82, 2.24) is 5.32 Å². The molecular weight excluding hydrogens is 261 g/mol. The molecule has 0 bridgehead atoms. The first kappa shape index (κ1) is 13.3. The van der Waals surface area contributed by atoms with E-state index in [1.807, 2.05) is 11.8 Å². The summed E-state index contributed by atoms with van der Waals surface area (Å²) in [5, 5.41) is 3.49. The lowest BCUT2D eigenvalue weighted by atomic mass is 9.83. The summed E-state index contributed by atoms with van der Waals surface area (Å²) in [6.45, 7) is 2.99. The minimum Gasteiger partial charge on any atom is -0.487 e. The zero-order valence-electron chi connectivity index (χ0n) is 11.2. The van der Waals surface area contributed by atoms with Crippen LogP contribution >= 0.6 is 11.8 Å². The molecule has 0 saturated carbocycles. The van der Waals surface area contributed by atoms with Crippen molar-refractivity contribution in [2.75, 3.05) is 18.1 Å². The van der Waals surface area contributed by atoms with Crippen molar-refractivity contribution in [3.8, 4) is 5.75 Å². The van der Waals surface area contributed by atoms with E-state index in [9.17, 15) is 4.39 Å². The summed E-state index contributed by atoms with van der Waals surface area (Å²) in [6, 6.07) is 5.12. The van der Waals surface area contributed by atoms with Gasteiger partial charge in [0.05, 0.1) is 0 Å². The molecule has 1 spiro atoms. The number of rotatable bonds is 2. The highest BCUT2D eigenvalue weighted by Gasteiger charge is 2.41. The van der Waals surface area contributed by atoms with E-state index in [0.29, 0.717) is 0 Å². The first-order valence-electron chi connectivity index (χ1n) is 7.02. The van der Waals surface area contributed by atoms with E-state index in [0.717, 1.165) is 48.6 Å². The number of fused-ring (bicyclic) bond motifs is 1. The van der Waals surface area contributed by atoms with Crippen molar-refractivity contribution in [1.29, 1.82) is 0 Å². The van der Waals surface area contributed by atoms with Crippen LogP contribution in [-0.4, -0.2) is 23.7 Å². The van der Waals surface area contributed by atoms with E-state index in [4.69, 9.17) is 4.74 Å². The summed E-state index contributed by atoms with van der Waals surface area (Å²) in [4.78, 5) is 0. The van der Waals surface area contributed by atoms with Crippen molar-refractivity contribution < 1.29 is 9.13 Å². The lowest BCUT2D eigenvalue weighted by molar-refractivity contribution is 0.0226. The molecule has 2 heterocycles. The van der Waals surface area contributed by atoms with Crippen molar-refractivity contribution in [2.24, 2.45) is 0 Å². The number of nitrogens with one attached hydrogen (secondary N) is 1. The molecule has 19 heavy (non-hydrogen) atoms. The topological polar surface area (TPSA) is 21.3 Å². The average Bonchev–Trinajstić information content (AvgIpc) is 2.41. The van der Waals surface area contributed by atoms with Gasteiger partial charge in [-0.15, -0.1) is 0 Å². The summed E-state index contributed by atoms with van der Waals surface area (Å²) < 4.78 is 19.7. The maximum absolute atomic E-state index is 13.5. The van der Waals surface area contributed by atoms with Gasteiger partial charge in [-0.25, -0.2) is 4.39 Å². The normalized spacial score (nSPS) is 24.8. The Morgan fingerprint density at radius 3 is 2.95 bits per heavy atom. The Kier molecular flexibility index (Phi) is 3.72. The van der Waals surface area contributed by atoms with Crippen LogP contribution in [0.15, 0.2) is 18.2 Å². The fourth-order valence-corrected chi connectivity index (χ4v) is 4.36. The van der Waals surface area contributed by atoms with E-state index in [1.165, 1.54) is 6.07 Å². The molecule has 1 unspecified atom stereocenters. The van der Waals surface area contributed by atoms with Crippen molar-refractivity contribution in [3.05, 3.63) is 29.6 Å². The third-order valence-corrected chi connectivity index (χ3v) is 5.09. The molecule has 3 rings (SSSR count). The Balaban J connectivity index is 1.94.